The summed E-state index contributed by atoms with van der Waals surface area (Å²) in [7, 11) is 2.29. The highest BCUT2D eigenvalue weighted by molar-refractivity contribution is 6.00. The van der Waals surface area contributed by atoms with Gasteiger partial charge >= 0.3 is 11.9 Å². The molecule has 1 aromatic rings. The highest BCUT2D eigenvalue weighted by Gasteiger charge is 2.47. The van der Waals surface area contributed by atoms with Crippen molar-refractivity contribution in [2.24, 2.45) is 5.41 Å². The summed E-state index contributed by atoms with van der Waals surface area (Å²) in [6, 6.07) is 7.00. The van der Waals surface area contributed by atoms with Crippen LogP contribution in [-0.4, -0.2) is 37.4 Å². The number of carbonyl (C=O) groups is 2. The maximum Gasteiger partial charge on any atom is 0.325 e. The molecule has 27 heavy (non-hydrogen) atoms. The Morgan fingerprint density at radius 2 is 1.63 bits per heavy atom. The molecule has 0 fully saturated rings. The molecule has 1 unspecified atom stereocenters. The lowest BCUT2D eigenvalue weighted by atomic mass is 9.81. The van der Waals surface area contributed by atoms with Crippen LogP contribution in [0.1, 0.15) is 24.0 Å². The Morgan fingerprint density at radius 3 is 2.15 bits per heavy atom. The molecule has 1 N–H and O–H groups in total. The van der Waals surface area contributed by atoms with Gasteiger partial charge in [-0.05, 0) is 12.1 Å². The summed E-state index contributed by atoms with van der Waals surface area (Å²) in [6.45, 7) is 0. The predicted molar refractivity (Wildman–Crippen MR) is 99.6 cm³/mol. The number of methoxy groups -OCH3 is 2. The van der Waals surface area contributed by atoms with Gasteiger partial charge in [0.25, 0.3) is 0 Å². The first-order valence-electron chi connectivity index (χ1n) is 7.79. The lowest BCUT2D eigenvalue weighted by Gasteiger charge is -2.24. The SMILES string of the molecule is C#Cc1ccccc1C#CCC(CC#CC(O)C#C)(C(=O)OC)C(=O)OC. The quantitative estimate of drug-likeness (QED) is 0.494. The zero-order valence-corrected chi connectivity index (χ0v) is 15.0. The van der Waals surface area contributed by atoms with Gasteiger partial charge in [0.05, 0.1) is 14.2 Å². The van der Waals surface area contributed by atoms with E-state index < -0.39 is 23.5 Å². The minimum absolute atomic E-state index is 0.216. The van der Waals surface area contributed by atoms with Crippen molar-refractivity contribution in [3.8, 4) is 48.4 Å². The molecular weight excluding hydrogens is 344 g/mol. The monoisotopic (exact) mass is 362 g/mol. The van der Waals surface area contributed by atoms with Crippen LogP contribution in [0.15, 0.2) is 24.3 Å². The molecule has 1 aromatic carbocycles. The van der Waals surface area contributed by atoms with E-state index in [-0.39, 0.29) is 12.8 Å². The summed E-state index contributed by atoms with van der Waals surface area (Å²) < 4.78 is 9.52. The van der Waals surface area contributed by atoms with E-state index in [0.29, 0.717) is 11.1 Å². The third-order valence-electron chi connectivity index (χ3n) is 3.63. The van der Waals surface area contributed by atoms with Crippen molar-refractivity contribution in [3.05, 3.63) is 35.4 Å². The number of aliphatic hydroxyl groups is 1. The highest BCUT2D eigenvalue weighted by Crippen LogP contribution is 2.30. The van der Waals surface area contributed by atoms with Gasteiger partial charge in [-0.1, -0.05) is 47.7 Å². The normalized spacial score (nSPS) is 10.6. The molecule has 0 radical (unpaired) electrons. The van der Waals surface area contributed by atoms with E-state index in [2.05, 4.69) is 29.6 Å². The van der Waals surface area contributed by atoms with E-state index >= 15 is 0 Å². The summed E-state index contributed by atoms with van der Waals surface area (Å²) in [6.07, 6.45) is 8.66. The van der Waals surface area contributed by atoms with Gasteiger partial charge in [0.15, 0.2) is 11.5 Å². The summed E-state index contributed by atoms with van der Waals surface area (Å²) >= 11 is 0. The van der Waals surface area contributed by atoms with E-state index in [0.717, 1.165) is 14.2 Å². The van der Waals surface area contributed by atoms with Gasteiger partial charge in [0, 0.05) is 24.0 Å². The van der Waals surface area contributed by atoms with Crippen molar-refractivity contribution >= 4 is 11.9 Å². The van der Waals surface area contributed by atoms with E-state index in [1.54, 1.807) is 24.3 Å². The van der Waals surface area contributed by atoms with Crippen LogP contribution in [0.3, 0.4) is 0 Å². The zero-order valence-electron chi connectivity index (χ0n) is 15.0. The number of terminal acetylenes is 2. The molecular formula is C22H18O5. The van der Waals surface area contributed by atoms with Gasteiger partial charge < -0.3 is 14.6 Å². The van der Waals surface area contributed by atoms with Crippen LogP contribution >= 0.6 is 0 Å². The maximum absolute atomic E-state index is 12.4. The number of benzene rings is 1. The molecule has 0 aliphatic heterocycles. The summed E-state index contributed by atoms with van der Waals surface area (Å²) in [5.74, 6) is 13.3. The van der Waals surface area contributed by atoms with E-state index in [9.17, 15) is 14.7 Å². The molecule has 0 heterocycles. The lowest BCUT2D eigenvalue weighted by molar-refractivity contribution is -0.168. The highest BCUT2D eigenvalue weighted by atomic mass is 16.5. The average molecular weight is 362 g/mol. The van der Waals surface area contributed by atoms with Gasteiger partial charge in [-0.15, -0.1) is 12.8 Å². The summed E-state index contributed by atoms with van der Waals surface area (Å²) in [4.78, 5) is 24.7. The van der Waals surface area contributed by atoms with Gasteiger partial charge in [0.1, 0.15) is 0 Å². The molecule has 0 aromatic heterocycles. The molecule has 1 atom stereocenters. The molecule has 5 heteroatoms. The van der Waals surface area contributed by atoms with Crippen molar-refractivity contribution in [3.63, 3.8) is 0 Å². The molecule has 0 saturated carbocycles. The Balaban J connectivity index is 3.29. The van der Waals surface area contributed by atoms with Crippen molar-refractivity contribution < 1.29 is 24.2 Å². The molecule has 1 rings (SSSR count). The van der Waals surface area contributed by atoms with Crippen LogP contribution in [-0.2, 0) is 19.1 Å². The Bertz CT molecular complexity index is 890. The fraction of sp³-hybridized carbons (Fsp3) is 0.273. The second kappa shape index (κ2) is 10.4. The Kier molecular flexibility index (Phi) is 8.22. The van der Waals surface area contributed by atoms with E-state index in [4.69, 9.17) is 22.3 Å². The van der Waals surface area contributed by atoms with Crippen LogP contribution in [0.25, 0.3) is 0 Å². The van der Waals surface area contributed by atoms with E-state index in [1.165, 1.54) is 0 Å². The zero-order chi connectivity index (χ0) is 20.3. The topological polar surface area (TPSA) is 72.8 Å². The predicted octanol–water partition coefficient (Wildman–Crippen LogP) is 1.13. The number of esters is 2. The third kappa shape index (κ3) is 5.42. The first-order chi connectivity index (χ1) is 12.9. The van der Waals surface area contributed by atoms with Gasteiger partial charge in [-0.3, -0.25) is 9.59 Å². The summed E-state index contributed by atoms with van der Waals surface area (Å²) in [5.41, 5.74) is -0.607. The standard InChI is InChI=1S/C22H18O5/c1-5-17-11-7-8-12-18(17)13-9-15-22(20(24)26-3,21(25)27-4)16-10-14-19(23)6-2/h1-2,7-8,11-12,19,23H,15-16H2,3-4H3. The number of hydrogen-bond acceptors (Lipinski definition) is 5. The summed E-state index contributed by atoms with van der Waals surface area (Å²) in [5, 5.41) is 9.34. The molecule has 5 nitrogen and oxygen atoms in total. The van der Waals surface area contributed by atoms with Crippen molar-refractivity contribution in [2.45, 2.75) is 18.9 Å². The van der Waals surface area contributed by atoms with Crippen molar-refractivity contribution in [1.82, 2.24) is 0 Å². The maximum atomic E-state index is 12.4. The number of ether oxygens (including phenoxy) is 2. The van der Waals surface area contributed by atoms with Crippen LogP contribution in [0.4, 0.5) is 0 Å². The average Bonchev–Trinajstić information content (AvgIpc) is 2.71. The van der Waals surface area contributed by atoms with Crippen LogP contribution in [0.2, 0.25) is 0 Å². The van der Waals surface area contributed by atoms with Crippen LogP contribution in [0, 0.1) is 53.8 Å². The van der Waals surface area contributed by atoms with Crippen molar-refractivity contribution in [2.75, 3.05) is 14.2 Å². The minimum Gasteiger partial charge on any atom is -0.468 e. The molecule has 0 amide bonds. The van der Waals surface area contributed by atoms with Crippen LogP contribution < -0.4 is 0 Å². The van der Waals surface area contributed by atoms with Gasteiger partial charge in [0.2, 0.25) is 0 Å². The fourth-order valence-corrected chi connectivity index (χ4v) is 2.17. The molecule has 136 valence electrons. The Morgan fingerprint density at radius 1 is 1.07 bits per heavy atom. The Labute approximate surface area is 159 Å². The number of rotatable bonds is 4. The minimum atomic E-state index is -1.77. The fourth-order valence-electron chi connectivity index (χ4n) is 2.17. The second-order valence-electron chi connectivity index (χ2n) is 5.30. The number of carbonyl (C=O) groups excluding carboxylic acids is 2. The molecule has 0 spiro atoms. The van der Waals surface area contributed by atoms with Gasteiger partial charge in [-0.25, -0.2) is 0 Å². The van der Waals surface area contributed by atoms with Crippen LogP contribution in [0.5, 0.6) is 0 Å². The Hall–Kier alpha value is -3.64. The lowest BCUT2D eigenvalue weighted by Crippen LogP contribution is -2.41. The smallest absolute Gasteiger partial charge is 0.325 e. The van der Waals surface area contributed by atoms with E-state index in [1.807, 2.05) is 5.92 Å². The third-order valence-corrected chi connectivity index (χ3v) is 3.63. The molecule has 0 bridgehead atoms. The first kappa shape index (κ1) is 21.4. The number of hydrogen-bond donors (Lipinski definition) is 1. The van der Waals surface area contributed by atoms with Gasteiger partial charge in [-0.2, -0.15) is 0 Å². The molecule has 0 aliphatic carbocycles. The number of aliphatic hydroxyl groups excluding tert-OH is 1. The second-order valence-corrected chi connectivity index (χ2v) is 5.30. The first-order valence-corrected chi connectivity index (χ1v) is 7.79. The molecule has 0 aliphatic rings. The molecule has 0 saturated heterocycles. The largest absolute Gasteiger partial charge is 0.468 e. The van der Waals surface area contributed by atoms with Crippen molar-refractivity contribution in [1.29, 1.82) is 0 Å².